The van der Waals surface area contributed by atoms with Gasteiger partial charge in [0.1, 0.15) is 5.75 Å². The minimum Gasteiger partial charge on any atom is -0.481 e. The van der Waals surface area contributed by atoms with Crippen LogP contribution in [0.3, 0.4) is 0 Å². The number of carboxylic acids is 1. The highest BCUT2D eigenvalue weighted by atomic mass is 16.6. The Hall–Kier alpha value is -2.67. The van der Waals surface area contributed by atoms with E-state index in [9.17, 15) is 9.59 Å². The molecule has 3 rings (SSSR count). The van der Waals surface area contributed by atoms with Gasteiger partial charge in [-0.05, 0) is 50.2 Å². The first kappa shape index (κ1) is 21.0. The summed E-state index contributed by atoms with van der Waals surface area (Å²) < 4.78 is 11.3. The van der Waals surface area contributed by atoms with Gasteiger partial charge >= 0.3 is 12.1 Å². The molecule has 2 aliphatic heterocycles. The van der Waals surface area contributed by atoms with E-state index >= 15 is 0 Å². The second-order valence-corrected chi connectivity index (χ2v) is 7.49. The Bertz CT molecular complexity index is 749. The molecule has 2 bridgehead atoms. The Balaban J connectivity index is 1.51. The molecule has 1 aromatic rings. The Labute approximate surface area is 171 Å². The molecular formula is C22H28N2O5. The first-order valence-electron chi connectivity index (χ1n) is 10.1. The molecule has 0 radical (unpaired) electrons. The second kappa shape index (κ2) is 10.2. The highest BCUT2D eigenvalue weighted by Crippen LogP contribution is 2.44. The molecule has 7 heteroatoms. The third kappa shape index (κ3) is 5.90. The van der Waals surface area contributed by atoms with Crippen LogP contribution < -0.4 is 4.74 Å². The molecular weight excluding hydrogens is 372 g/mol. The van der Waals surface area contributed by atoms with Crippen molar-refractivity contribution in [1.29, 1.82) is 0 Å². The number of carbonyl (C=O) groups is 2. The molecule has 7 nitrogen and oxygen atoms in total. The molecule has 1 aromatic carbocycles. The van der Waals surface area contributed by atoms with E-state index in [1.54, 1.807) is 31.3 Å². The molecule has 29 heavy (non-hydrogen) atoms. The number of fused-ring (bicyclic) bond motifs is 2. The largest absolute Gasteiger partial charge is 0.481 e. The molecule has 0 aromatic heterocycles. The maximum Gasteiger partial charge on any atom is 0.435 e. The van der Waals surface area contributed by atoms with Crippen LogP contribution in [0.1, 0.15) is 38.5 Å². The molecule has 0 spiro atoms. The molecule has 1 amide bonds. The molecule has 1 N–H and O–H groups in total. The highest BCUT2D eigenvalue weighted by Gasteiger charge is 2.47. The summed E-state index contributed by atoms with van der Waals surface area (Å²) >= 11 is 0. The van der Waals surface area contributed by atoms with Crippen molar-refractivity contribution in [2.24, 2.45) is 16.9 Å². The van der Waals surface area contributed by atoms with Crippen molar-refractivity contribution >= 4 is 18.3 Å². The number of unbranched alkanes of at least 4 members (excludes halogenated alkanes) is 1. The van der Waals surface area contributed by atoms with Gasteiger partial charge in [-0.25, -0.2) is 9.80 Å². The van der Waals surface area contributed by atoms with Gasteiger partial charge in [0.15, 0.2) is 0 Å². The summed E-state index contributed by atoms with van der Waals surface area (Å²) in [5.41, 5.74) is 0. The highest BCUT2D eigenvalue weighted by molar-refractivity contribution is 5.72. The van der Waals surface area contributed by atoms with E-state index in [1.165, 1.54) is 5.01 Å². The standard InChI is InChI=1S/C22H28N2O5/c1-24(22(27)28-16-9-5-4-6-10-16)23-15-18-17(19-13-14-20(18)29-19)11-7-2-3-8-12-21(25)26/h2,4-7,9-10,15,17-20H,3,8,11-14H2,1H3,(H,25,26)/b7-2-,23-15?/t17-,18+,19-,20+/m1/s1. The van der Waals surface area contributed by atoms with Gasteiger partial charge < -0.3 is 14.6 Å². The third-order valence-corrected chi connectivity index (χ3v) is 5.45. The summed E-state index contributed by atoms with van der Waals surface area (Å²) in [5.74, 6) is 0.205. The number of hydrogen-bond acceptors (Lipinski definition) is 5. The van der Waals surface area contributed by atoms with Crippen LogP contribution in [0.15, 0.2) is 47.6 Å². The topological polar surface area (TPSA) is 88.4 Å². The fourth-order valence-electron chi connectivity index (χ4n) is 3.95. The molecule has 0 saturated carbocycles. The number of carboxylic acid groups (broad SMARTS) is 1. The van der Waals surface area contributed by atoms with Crippen LogP contribution in [0.4, 0.5) is 4.79 Å². The lowest BCUT2D eigenvalue weighted by molar-refractivity contribution is -0.137. The quantitative estimate of drug-likeness (QED) is 0.292. The van der Waals surface area contributed by atoms with Crippen molar-refractivity contribution in [2.75, 3.05) is 7.05 Å². The van der Waals surface area contributed by atoms with Gasteiger partial charge in [0.05, 0.1) is 12.2 Å². The average Bonchev–Trinajstić information content (AvgIpc) is 3.31. The number of amides is 1. The van der Waals surface area contributed by atoms with Crippen LogP contribution in [0.5, 0.6) is 5.75 Å². The first-order valence-corrected chi connectivity index (χ1v) is 10.1. The van der Waals surface area contributed by atoms with Crippen LogP contribution >= 0.6 is 0 Å². The maximum atomic E-state index is 12.2. The minimum absolute atomic E-state index is 0.146. The predicted octanol–water partition coefficient (Wildman–Crippen LogP) is 4.10. The van der Waals surface area contributed by atoms with E-state index in [4.69, 9.17) is 14.6 Å². The lowest BCUT2D eigenvalue weighted by Gasteiger charge is -2.24. The van der Waals surface area contributed by atoms with Gasteiger partial charge in [0, 0.05) is 25.6 Å². The lowest BCUT2D eigenvalue weighted by atomic mass is 9.78. The maximum absolute atomic E-state index is 12.2. The Kier molecular flexibility index (Phi) is 7.41. The summed E-state index contributed by atoms with van der Waals surface area (Å²) in [6, 6.07) is 8.90. The van der Waals surface area contributed by atoms with E-state index in [2.05, 4.69) is 11.2 Å². The first-order chi connectivity index (χ1) is 14.0. The zero-order valence-corrected chi connectivity index (χ0v) is 16.6. The second-order valence-electron chi connectivity index (χ2n) is 7.49. The van der Waals surface area contributed by atoms with Crippen LogP contribution in [0, 0.1) is 11.8 Å². The zero-order chi connectivity index (χ0) is 20.6. The monoisotopic (exact) mass is 400 g/mol. The minimum atomic E-state index is -0.758. The molecule has 0 unspecified atom stereocenters. The van der Waals surface area contributed by atoms with Gasteiger partial charge in [-0.2, -0.15) is 5.10 Å². The lowest BCUT2D eigenvalue weighted by Crippen LogP contribution is -2.30. The number of nitrogens with zero attached hydrogens (tertiary/aromatic N) is 2. The molecule has 0 aliphatic carbocycles. The van der Waals surface area contributed by atoms with Crippen LogP contribution in [-0.4, -0.2) is 47.6 Å². The van der Waals surface area contributed by atoms with Crippen molar-refractivity contribution < 1.29 is 24.2 Å². The molecule has 2 fully saturated rings. The fraction of sp³-hybridized carbons (Fsp3) is 0.500. The summed E-state index contributed by atoms with van der Waals surface area (Å²) in [6.45, 7) is 0. The molecule has 4 atom stereocenters. The van der Waals surface area contributed by atoms with E-state index in [1.807, 2.05) is 18.4 Å². The smallest absolute Gasteiger partial charge is 0.435 e. The number of carbonyl (C=O) groups excluding carboxylic acids is 1. The van der Waals surface area contributed by atoms with Crippen molar-refractivity contribution in [3.05, 3.63) is 42.5 Å². The van der Waals surface area contributed by atoms with E-state index in [-0.39, 0.29) is 24.5 Å². The normalized spacial score (nSPS) is 25.7. The molecule has 2 aliphatic rings. The summed E-state index contributed by atoms with van der Waals surface area (Å²) in [7, 11) is 1.58. The van der Waals surface area contributed by atoms with Gasteiger partial charge in [-0.3, -0.25) is 4.79 Å². The molecule has 2 heterocycles. The number of hydrogen-bond donors (Lipinski definition) is 1. The van der Waals surface area contributed by atoms with Crippen LogP contribution in [0.2, 0.25) is 0 Å². The van der Waals surface area contributed by atoms with Crippen molar-refractivity contribution in [1.82, 2.24) is 5.01 Å². The number of allylic oxidation sites excluding steroid dienone is 2. The van der Waals surface area contributed by atoms with Gasteiger partial charge in [0.2, 0.25) is 0 Å². The SMILES string of the molecule is CN(N=C[C@H]1[C@@H](C/C=C\CCCC(=O)O)[C@H]2CC[C@@H]1O2)C(=O)Oc1ccccc1. The zero-order valence-electron chi connectivity index (χ0n) is 16.6. The van der Waals surface area contributed by atoms with E-state index < -0.39 is 12.1 Å². The van der Waals surface area contributed by atoms with Gasteiger partial charge in [-0.15, -0.1) is 0 Å². The summed E-state index contributed by atoms with van der Waals surface area (Å²) in [4.78, 5) is 22.7. The average molecular weight is 400 g/mol. The molecule has 156 valence electrons. The van der Waals surface area contributed by atoms with Gasteiger partial charge in [0.25, 0.3) is 0 Å². The van der Waals surface area contributed by atoms with Gasteiger partial charge in [-0.1, -0.05) is 30.4 Å². The number of benzene rings is 1. The fourth-order valence-corrected chi connectivity index (χ4v) is 3.95. The van der Waals surface area contributed by atoms with E-state index in [0.29, 0.717) is 18.1 Å². The van der Waals surface area contributed by atoms with Crippen molar-refractivity contribution in [3.8, 4) is 5.75 Å². The number of aliphatic carboxylic acids is 1. The Morgan fingerprint density at radius 2 is 2.00 bits per heavy atom. The van der Waals surface area contributed by atoms with Crippen molar-refractivity contribution in [2.45, 2.75) is 50.7 Å². The number of hydrazone groups is 1. The predicted molar refractivity (Wildman–Crippen MR) is 109 cm³/mol. The van der Waals surface area contributed by atoms with Crippen LogP contribution in [-0.2, 0) is 9.53 Å². The summed E-state index contributed by atoms with van der Waals surface area (Å²) in [5, 5.41) is 14.2. The number of para-hydroxylation sites is 1. The third-order valence-electron chi connectivity index (χ3n) is 5.45. The van der Waals surface area contributed by atoms with E-state index in [0.717, 1.165) is 25.7 Å². The number of ether oxygens (including phenoxy) is 2. The molecule has 2 saturated heterocycles. The Morgan fingerprint density at radius 1 is 1.24 bits per heavy atom. The van der Waals surface area contributed by atoms with Crippen molar-refractivity contribution in [3.63, 3.8) is 0 Å². The Morgan fingerprint density at radius 3 is 2.76 bits per heavy atom. The summed E-state index contributed by atoms with van der Waals surface area (Å²) in [6.07, 6.45) is 10.4. The number of rotatable bonds is 9. The van der Waals surface area contributed by atoms with Crippen LogP contribution in [0.25, 0.3) is 0 Å².